The Morgan fingerprint density at radius 3 is 2.78 bits per heavy atom. The van der Waals surface area contributed by atoms with Crippen molar-refractivity contribution in [2.45, 2.75) is 25.3 Å². The molecule has 3 N–H and O–H groups in total. The number of benzene rings is 2. The predicted molar refractivity (Wildman–Crippen MR) is 155 cm³/mol. The summed E-state index contributed by atoms with van der Waals surface area (Å²) in [6, 6.07) is 15.2. The van der Waals surface area contributed by atoms with Gasteiger partial charge in [-0.25, -0.2) is 9.78 Å². The molecule has 1 radical (unpaired) electrons. The largest absolute Gasteiger partial charge is 0.461 e. The third kappa shape index (κ3) is 5.38. The normalized spacial score (nSPS) is 19.3. The SMILES string of the molecule is CN1CCN(Cc2ccc(NC(=O)N[B]C3=C4Oc5ccc(Oc6ccnc7c6CCC(=O)N7)cc5[C@@H]34)cc2)CC1. The van der Waals surface area contributed by atoms with Crippen LogP contribution in [0.25, 0.3) is 0 Å². The van der Waals surface area contributed by atoms with Gasteiger partial charge in [0.1, 0.15) is 28.8 Å². The highest BCUT2D eigenvalue weighted by Crippen LogP contribution is 2.57. The van der Waals surface area contributed by atoms with Crippen LogP contribution in [-0.2, 0) is 17.8 Å². The zero-order chi connectivity index (χ0) is 27.9. The van der Waals surface area contributed by atoms with Gasteiger partial charge in [-0.3, -0.25) is 9.69 Å². The smallest absolute Gasteiger partial charge is 0.307 e. The highest BCUT2D eigenvalue weighted by molar-refractivity contribution is 6.49. The van der Waals surface area contributed by atoms with Gasteiger partial charge in [0.15, 0.2) is 0 Å². The van der Waals surface area contributed by atoms with Crippen molar-refractivity contribution in [1.82, 2.24) is 20.0 Å². The van der Waals surface area contributed by atoms with Crippen LogP contribution < -0.4 is 25.3 Å². The third-order valence-electron chi connectivity index (χ3n) is 7.96. The second kappa shape index (κ2) is 10.6. The maximum atomic E-state index is 12.6. The quantitative estimate of drug-likeness (QED) is 0.387. The highest BCUT2D eigenvalue weighted by atomic mass is 16.5. The number of allylic oxidation sites excluding steroid dienone is 2. The summed E-state index contributed by atoms with van der Waals surface area (Å²) in [6.45, 7) is 5.25. The Hall–Kier alpha value is -4.35. The van der Waals surface area contributed by atoms with Gasteiger partial charge in [-0.1, -0.05) is 12.1 Å². The van der Waals surface area contributed by atoms with E-state index in [4.69, 9.17) is 9.47 Å². The number of hydrogen-bond acceptors (Lipinski definition) is 7. The number of piperazine rings is 1. The van der Waals surface area contributed by atoms with Crippen molar-refractivity contribution in [2.75, 3.05) is 43.9 Å². The van der Waals surface area contributed by atoms with E-state index >= 15 is 0 Å². The molecule has 1 fully saturated rings. The number of hydrogen-bond donors (Lipinski definition) is 3. The van der Waals surface area contributed by atoms with Crippen LogP contribution in [0.4, 0.5) is 16.3 Å². The Morgan fingerprint density at radius 2 is 1.95 bits per heavy atom. The van der Waals surface area contributed by atoms with Crippen LogP contribution in [0, 0.1) is 0 Å². The third-order valence-corrected chi connectivity index (χ3v) is 7.96. The molecule has 2 aromatic carbocycles. The van der Waals surface area contributed by atoms with Gasteiger partial charge in [0.05, 0.1) is 5.92 Å². The standard InChI is InChI=1S/C30H30BN6O4/c1-36-12-14-37(15-13-36)17-18-2-4-19(5-3-18)33-30(39)35-31-27-26-22-16-20(6-8-23(22)41-28(26)27)40-24-10-11-32-29-21(24)7-9-25(38)34-29/h2-6,8,10-11,16,26H,7,9,12-15,17H2,1H3,(H,32,34,38)(H2,33,35,39)/t26-/m0/s1. The zero-order valence-electron chi connectivity index (χ0n) is 22.8. The van der Waals surface area contributed by atoms with Crippen LogP contribution in [0.15, 0.2) is 66.0 Å². The number of rotatable bonds is 7. The number of anilines is 2. The molecule has 3 aromatic rings. The molecule has 0 bridgehead atoms. The summed E-state index contributed by atoms with van der Waals surface area (Å²) < 4.78 is 12.2. The Labute approximate surface area is 239 Å². The minimum Gasteiger partial charge on any atom is -0.461 e. The Balaban J connectivity index is 0.920. The van der Waals surface area contributed by atoms with E-state index in [1.54, 1.807) is 13.6 Å². The number of pyridine rings is 1. The van der Waals surface area contributed by atoms with Crippen molar-refractivity contribution in [3.05, 3.63) is 82.6 Å². The number of aromatic nitrogens is 1. The van der Waals surface area contributed by atoms with Crippen LogP contribution in [0.2, 0.25) is 0 Å². The molecule has 4 heterocycles. The molecule has 10 nitrogen and oxygen atoms in total. The minimum absolute atomic E-state index is 0.00773. The molecule has 11 heteroatoms. The van der Waals surface area contributed by atoms with Crippen LogP contribution in [-0.4, -0.2) is 67.4 Å². The summed E-state index contributed by atoms with van der Waals surface area (Å²) in [4.78, 5) is 33.3. The van der Waals surface area contributed by atoms with Gasteiger partial charge in [0.25, 0.3) is 7.41 Å². The van der Waals surface area contributed by atoms with Crippen LogP contribution in [0.1, 0.15) is 29.0 Å². The van der Waals surface area contributed by atoms with Crippen molar-refractivity contribution < 1.29 is 19.1 Å². The molecule has 41 heavy (non-hydrogen) atoms. The molecule has 207 valence electrons. The van der Waals surface area contributed by atoms with E-state index in [1.807, 2.05) is 36.4 Å². The Morgan fingerprint density at radius 1 is 1.12 bits per heavy atom. The summed E-state index contributed by atoms with van der Waals surface area (Å²) in [5.41, 5.74) is 4.81. The number of likely N-dealkylation sites (N-methyl/N-ethyl adjacent to an activating group) is 1. The summed E-state index contributed by atoms with van der Waals surface area (Å²) in [5, 5.41) is 8.53. The molecule has 0 unspecified atom stereocenters. The molecule has 0 spiro atoms. The molecule has 1 aliphatic carbocycles. The molecular weight excluding hydrogens is 519 g/mol. The van der Waals surface area contributed by atoms with Crippen molar-refractivity contribution in [1.29, 1.82) is 0 Å². The summed E-state index contributed by atoms with van der Waals surface area (Å²) in [5.74, 6) is 3.51. The molecule has 1 saturated heterocycles. The van der Waals surface area contributed by atoms with Crippen LogP contribution in [0.5, 0.6) is 17.2 Å². The van der Waals surface area contributed by atoms with E-state index in [-0.39, 0.29) is 17.9 Å². The van der Waals surface area contributed by atoms with Gasteiger partial charge in [-0.15, -0.1) is 0 Å². The molecule has 1 atom stereocenters. The number of nitrogens with one attached hydrogen (secondary N) is 3. The number of ether oxygens (including phenoxy) is 2. The van der Waals surface area contributed by atoms with Crippen LogP contribution >= 0.6 is 0 Å². The molecule has 1 aromatic heterocycles. The second-order valence-corrected chi connectivity index (χ2v) is 10.9. The maximum Gasteiger partial charge on any atom is 0.307 e. The fourth-order valence-electron chi connectivity index (χ4n) is 5.57. The van der Waals surface area contributed by atoms with E-state index in [0.717, 1.165) is 66.5 Å². The van der Waals surface area contributed by atoms with Gasteiger partial charge in [0, 0.05) is 62.2 Å². The van der Waals surface area contributed by atoms with Crippen molar-refractivity contribution in [3.8, 4) is 17.2 Å². The van der Waals surface area contributed by atoms with E-state index in [2.05, 4.69) is 49.8 Å². The summed E-state index contributed by atoms with van der Waals surface area (Å²) in [7, 11) is 3.86. The molecule has 4 aliphatic rings. The molecular formula is C30H30BN6O4. The molecule has 0 saturated carbocycles. The number of amides is 3. The maximum absolute atomic E-state index is 12.6. The molecule has 3 aliphatic heterocycles. The molecule has 7 rings (SSSR count). The monoisotopic (exact) mass is 549 g/mol. The van der Waals surface area contributed by atoms with Crippen molar-refractivity contribution in [2.24, 2.45) is 0 Å². The lowest BCUT2D eigenvalue weighted by Crippen LogP contribution is -2.43. The van der Waals surface area contributed by atoms with Crippen molar-refractivity contribution in [3.63, 3.8) is 0 Å². The average molecular weight is 549 g/mol. The lowest BCUT2D eigenvalue weighted by atomic mass is 9.85. The fourth-order valence-corrected chi connectivity index (χ4v) is 5.57. The molecule has 3 amide bonds. The van der Waals surface area contributed by atoms with Gasteiger partial charge >= 0.3 is 6.03 Å². The minimum atomic E-state index is -0.304. The lowest BCUT2D eigenvalue weighted by molar-refractivity contribution is -0.116. The van der Waals surface area contributed by atoms with E-state index < -0.39 is 0 Å². The Kier molecular flexibility index (Phi) is 6.60. The first-order chi connectivity index (χ1) is 20.0. The zero-order valence-corrected chi connectivity index (χ0v) is 22.8. The predicted octanol–water partition coefficient (Wildman–Crippen LogP) is 3.65. The average Bonchev–Trinajstić information content (AvgIpc) is 3.53. The number of carbonyl (C=O) groups excluding carboxylic acids is 2. The number of carbonyl (C=O) groups is 2. The lowest BCUT2D eigenvalue weighted by Gasteiger charge is -2.32. The second-order valence-electron chi connectivity index (χ2n) is 10.9. The van der Waals surface area contributed by atoms with Gasteiger partial charge in [0.2, 0.25) is 5.91 Å². The van der Waals surface area contributed by atoms with E-state index in [0.29, 0.717) is 30.2 Å². The number of nitrogens with zero attached hydrogens (tertiary/aromatic N) is 3. The van der Waals surface area contributed by atoms with Gasteiger partial charge in [-0.2, -0.15) is 0 Å². The van der Waals surface area contributed by atoms with E-state index in [9.17, 15) is 9.59 Å². The Bertz CT molecular complexity index is 1550. The van der Waals surface area contributed by atoms with Crippen molar-refractivity contribution >= 4 is 30.9 Å². The van der Waals surface area contributed by atoms with Gasteiger partial charge < -0.3 is 30.2 Å². The first-order valence-corrected chi connectivity index (χ1v) is 13.9. The fraction of sp³-hybridized carbons (Fsp3) is 0.300. The van der Waals surface area contributed by atoms with Gasteiger partial charge in [-0.05, 0) is 60.9 Å². The first kappa shape index (κ1) is 25.6. The first-order valence-electron chi connectivity index (χ1n) is 13.9. The summed E-state index contributed by atoms with van der Waals surface area (Å²) >= 11 is 0. The summed E-state index contributed by atoms with van der Waals surface area (Å²) in [6.07, 6.45) is 2.62. The topological polar surface area (TPSA) is 108 Å². The highest BCUT2D eigenvalue weighted by Gasteiger charge is 2.47. The number of fused-ring (bicyclic) bond motifs is 4. The van der Waals surface area contributed by atoms with E-state index in [1.165, 1.54) is 5.56 Å². The van der Waals surface area contributed by atoms with Crippen LogP contribution in [0.3, 0.4) is 0 Å². The number of urea groups is 1.